The second kappa shape index (κ2) is 10.1. The Kier molecular flexibility index (Phi) is 2.74. The summed E-state index contributed by atoms with van der Waals surface area (Å²) in [5.74, 6) is -2.77. The second-order valence-corrected chi connectivity index (χ2v) is 5.22. The molecule has 0 fully saturated rings. The Hall–Kier alpha value is -2.20. The first-order chi connectivity index (χ1) is 19.1. The third-order valence-electron chi connectivity index (χ3n) is 3.31. The van der Waals surface area contributed by atoms with Gasteiger partial charge in [0.1, 0.15) is 12.4 Å². The zero-order chi connectivity index (χ0) is 33.7. The molecule has 0 saturated carbocycles. The molecule has 0 heterocycles. The highest BCUT2D eigenvalue weighted by atomic mass is 16.5. The maximum atomic E-state index is 10.5. The van der Waals surface area contributed by atoms with Crippen LogP contribution in [0.2, 0.25) is 0 Å². The minimum Gasteiger partial charge on any atom is -0.493 e. The lowest BCUT2D eigenvalue weighted by Gasteiger charge is -2.13. The van der Waals surface area contributed by atoms with Crippen molar-refractivity contribution in [3.63, 3.8) is 0 Å². The Morgan fingerprint density at radius 1 is 1.12 bits per heavy atom. The number of hydrogen-bond donors (Lipinski definition) is 1. The molecule has 142 valence electrons. The van der Waals surface area contributed by atoms with E-state index in [0.717, 1.165) is 0 Å². The van der Waals surface area contributed by atoms with Gasteiger partial charge >= 0.3 is 0 Å². The van der Waals surface area contributed by atoms with Gasteiger partial charge in [-0.3, -0.25) is 0 Å². The summed E-state index contributed by atoms with van der Waals surface area (Å²) in [6.07, 6.45) is -10.9. The van der Waals surface area contributed by atoms with Crippen molar-refractivity contribution < 1.29 is 42.6 Å². The van der Waals surface area contributed by atoms with Crippen LogP contribution >= 0.6 is 0 Å². The van der Waals surface area contributed by atoms with E-state index < -0.39 is 93.6 Å². The lowest BCUT2D eigenvalue weighted by atomic mass is 10.0. The standard InChI is InChI=1S/C22H30O4/c1-16-9-11-20(13-17(16)2)26-15-19(23)8-6-5-7-18-10-12-21(24-3)22(14-18)25-4/h9-14,19,23H,5-8,15H2,1-4H3/i3D3,4D3,5D2,7D2,9D,10D,11D,12D,13D,14D,19D. The highest BCUT2D eigenvalue weighted by Crippen LogP contribution is 2.28. The molecule has 0 aliphatic heterocycles. The van der Waals surface area contributed by atoms with Gasteiger partial charge in [-0.05, 0) is 73.9 Å². The fourth-order valence-corrected chi connectivity index (χ4v) is 1.78. The molecule has 0 radical (unpaired) electrons. The lowest BCUT2D eigenvalue weighted by Crippen LogP contribution is -2.17. The summed E-state index contributed by atoms with van der Waals surface area (Å²) in [7, 11) is -6.64. The van der Waals surface area contributed by atoms with Crippen LogP contribution in [0.1, 0.15) is 59.2 Å². The highest BCUT2D eigenvalue weighted by molar-refractivity contribution is 5.42. The third-order valence-corrected chi connectivity index (χ3v) is 3.31. The minimum atomic E-state index is -3.38. The fraction of sp³-hybridized carbons (Fsp3) is 0.455. The maximum absolute atomic E-state index is 10.5. The van der Waals surface area contributed by atoms with Crippen molar-refractivity contribution in [1.82, 2.24) is 0 Å². The Morgan fingerprint density at radius 3 is 2.73 bits per heavy atom. The maximum Gasteiger partial charge on any atom is 0.160 e. The van der Waals surface area contributed by atoms with Crippen molar-refractivity contribution in [3.8, 4) is 17.2 Å². The molecule has 1 atom stereocenters. The molecular formula is C22H30O4. The van der Waals surface area contributed by atoms with Crippen LogP contribution in [0.3, 0.4) is 0 Å². The molecule has 1 N–H and O–H groups in total. The summed E-state index contributed by atoms with van der Waals surface area (Å²) in [6.45, 7) is 2.15. The van der Waals surface area contributed by atoms with Crippen LogP contribution in [0.15, 0.2) is 36.3 Å². The van der Waals surface area contributed by atoms with Crippen molar-refractivity contribution in [2.75, 3.05) is 20.7 Å². The molecular weight excluding hydrogens is 328 g/mol. The number of benzene rings is 2. The summed E-state index contributed by atoms with van der Waals surface area (Å²) in [6, 6.07) is -4.59. The van der Waals surface area contributed by atoms with Crippen LogP contribution in [0.4, 0.5) is 0 Å². The largest absolute Gasteiger partial charge is 0.493 e. The Balaban J connectivity index is 2.46. The van der Waals surface area contributed by atoms with Gasteiger partial charge in [-0.2, -0.15) is 0 Å². The van der Waals surface area contributed by atoms with E-state index in [-0.39, 0.29) is 17.8 Å². The van der Waals surface area contributed by atoms with Gasteiger partial charge in [0.25, 0.3) is 0 Å². The average molecular weight is 376 g/mol. The molecule has 4 heteroatoms. The summed E-state index contributed by atoms with van der Waals surface area (Å²) >= 11 is 0. The third kappa shape index (κ3) is 5.95. The average Bonchev–Trinajstić information content (AvgIpc) is 2.84. The smallest absolute Gasteiger partial charge is 0.160 e. The summed E-state index contributed by atoms with van der Waals surface area (Å²) in [5, 5.41) is 10.5. The van der Waals surface area contributed by atoms with E-state index >= 15 is 0 Å². The summed E-state index contributed by atoms with van der Waals surface area (Å²) in [4.78, 5) is 0. The van der Waals surface area contributed by atoms with E-state index in [2.05, 4.69) is 9.47 Å². The van der Waals surface area contributed by atoms with Gasteiger partial charge in [-0.25, -0.2) is 0 Å². The normalized spacial score (nSPS) is 24.7. The van der Waals surface area contributed by atoms with Crippen LogP contribution in [-0.2, 0) is 6.37 Å². The second-order valence-electron chi connectivity index (χ2n) is 5.22. The van der Waals surface area contributed by atoms with Crippen molar-refractivity contribution in [1.29, 1.82) is 0 Å². The monoisotopic (exact) mass is 375 g/mol. The van der Waals surface area contributed by atoms with Gasteiger partial charge in [0.15, 0.2) is 11.5 Å². The predicted octanol–water partition coefficient (Wildman–Crippen LogP) is 4.47. The van der Waals surface area contributed by atoms with Crippen LogP contribution in [-0.4, -0.2) is 31.9 Å². The van der Waals surface area contributed by atoms with Gasteiger partial charge in [-0.1, -0.05) is 18.5 Å². The zero-order valence-corrected chi connectivity index (χ0v) is 14.3. The van der Waals surface area contributed by atoms with Crippen LogP contribution in [0, 0.1) is 13.8 Å². The van der Waals surface area contributed by atoms with E-state index in [0.29, 0.717) is 11.1 Å². The first-order valence-corrected chi connectivity index (χ1v) is 7.59. The van der Waals surface area contributed by atoms with Gasteiger partial charge < -0.3 is 19.3 Å². The molecule has 1 unspecified atom stereocenters. The number of aliphatic hydroxyl groups is 1. The van der Waals surface area contributed by atoms with Gasteiger partial charge in [0, 0.05) is 5.48 Å². The van der Waals surface area contributed by atoms with Gasteiger partial charge in [-0.15, -0.1) is 0 Å². The number of methoxy groups -OCH3 is 2. The molecule has 0 aliphatic carbocycles. The number of ether oxygens (including phenoxy) is 3. The van der Waals surface area contributed by atoms with E-state index in [1.807, 2.05) is 0 Å². The molecule has 0 amide bonds. The minimum absolute atomic E-state index is 0.232. The van der Waals surface area contributed by atoms with Crippen LogP contribution in [0.25, 0.3) is 0 Å². The van der Waals surface area contributed by atoms with Crippen molar-refractivity contribution >= 4 is 0 Å². The lowest BCUT2D eigenvalue weighted by molar-refractivity contribution is 0.0976. The first kappa shape index (κ1) is 7.08. The molecule has 2 aromatic carbocycles. The van der Waals surface area contributed by atoms with Gasteiger partial charge in [0.2, 0.25) is 0 Å². The molecule has 2 rings (SSSR count). The molecule has 26 heavy (non-hydrogen) atoms. The fourth-order valence-electron chi connectivity index (χ4n) is 1.78. The highest BCUT2D eigenvalue weighted by Gasteiger charge is 2.07. The van der Waals surface area contributed by atoms with Crippen molar-refractivity contribution in [3.05, 3.63) is 52.9 Å². The van der Waals surface area contributed by atoms with E-state index in [4.69, 9.17) is 28.0 Å². The van der Waals surface area contributed by atoms with Crippen LogP contribution < -0.4 is 14.2 Å². The molecule has 0 bridgehead atoms. The Bertz CT molecular complexity index is 1340. The zero-order valence-electron chi connectivity index (χ0n) is 31.3. The van der Waals surface area contributed by atoms with Crippen molar-refractivity contribution in [2.45, 2.75) is 45.5 Å². The predicted molar refractivity (Wildman–Crippen MR) is 105 cm³/mol. The molecule has 0 aliphatic rings. The summed E-state index contributed by atoms with van der Waals surface area (Å²) in [5.41, 5.74) is -0.472. The quantitative estimate of drug-likeness (QED) is 0.665. The molecule has 2 aromatic rings. The molecule has 0 spiro atoms. The van der Waals surface area contributed by atoms with Crippen LogP contribution in [0.5, 0.6) is 17.2 Å². The Morgan fingerprint density at radius 2 is 1.92 bits per heavy atom. The Labute approximate surface area is 180 Å². The summed E-state index contributed by atoms with van der Waals surface area (Å²) < 4.78 is 149. The van der Waals surface area contributed by atoms with Gasteiger partial charge in [0.05, 0.1) is 38.0 Å². The SMILES string of the molecule is [2H]c1c([2H])c(OCC([2H])(O)CCC([2H])([2H])C([2H])([2H])c2c([2H])c([2H])c(OC([2H])([2H])[2H])c(OC([2H])([2H])[2H])c2[2H])c([2H])c(C)c1C. The topological polar surface area (TPSA) is 47.9 Å². The number of rotatable bonds is 10. The molecule has 0 saturated heterocycles. The van der Waals surface area contributed by atoms with E-state index in [9.17, 15) is 5.11 Å². The van der Waals surface area contributed by atoms with E-state index in [1.165, 1.54) is 13.8 Å². The molecule has 0 aromatic heterocycles. The molecule has 4 nitrogen and oxygen atoms in total. The van der Waals surface area contributed by atoms with Crippen molar-refractivity contribution in [2.24, 2.45) is 0 Å². The first-order valence-electron chi connectivity index (χ1n) is 16.1. The van der Waals surface area contributed by atoms with E-state index in [1.54, 1.807) is 0 Å². The number of hydrogen-bond acceptors (Lipinski definition) is 4.